The van der Waals surface area contributed by atoms with Gasteiger partial charge >= 0.3 is 0 Å². The topological polar surface area (TPSA) is 38.9 Å². The molecule has 2 aromatic rings. The third-order valence-electron chi connectivity index (χ3n) is 1.36. The molecule has 0 aromatic carbocycles. The summed E-state index contributed by atoms with van der Waals surface area (Å²) in [6.45, 7) is 0. The molecule has 0 atom stereocenters. The lowest BCUT2D eigenvalue weighted by molar-refractivity contribution is 0.391. The molecule has 0 bridgehead atoms. The molecule has 0 spiro atoms. The van der Waals surface area contributed by atoms with Gasteiger partial charge in [0.1, 0.15) is 0 Å². The molecule has 0 fully saturated rings. The van der Waals surface area contributed by atoms with Crippen LogP contribution in [0.2, 0.25) is 0 Å². The van der Waals surface area contributed by atoms with Crippen LogP contribution in [0.4, 0.5) is 0 Å². The summed E-state index contributed by atoms with van der Waals surface area (Å²) in [6.07, 6.45) is 0.743. The number of aromatic nitrogens is 2. The van der Waals surface area contributed by atoms with Gasteiger partial charge in [0.25, 0.3) is 4.80 Å². The Kier molecular flexibility index (Phi) is 2.23. The first-order valence-electron chi connectivity index (χ1n) is 3.35. The molecule has 0 saturated carbocycles. The fraction of sp³-hybridized carbons (Fsp3) is 0.143. The van der Waals surface area contributed by atoms with Gasteiger partial charge in [-0.2, -0.15) is 4.98 Å². The van der Waals surface area contributed by atoms with Crippen molar-refractivity contribution in [3.63, 3.8) is 0 Å². The first-order valence-corrected chi connectivity index (χ1v) is 5.02. The van der Waals surface area contributed by atoms with Gasteiger partial charge < -0.3 is 4.52 Å². The number of halogens is 1. The average Bonchev–Trinajstić information content (AvgIpc) is 2.63. The Balaban J connectivity index is 2.14. The quantitative estimate of drug-likeness (QED) is 0.815. The molecule has 0 aliphatic heterocycles. The Morgan fingerprint density at radius 1 is 1.58 bits per heavy atom. The normalized spacial score (nSPS) is 10.4. The van der Waals surface area contributed by atoms with Gasteiger partial charge in [0.15, 0.2) is 5.82 Å². The second-order valence-electron chi connectivity index (χ2n) is 2.22. The lowest BCUT2D eigenvalue weighted by Crippen LogP contribution is -1.86. The highest BCUT2D eigenvalue weighted by Gasteiger charge is 2.04. The molecular weight excluding hydrogens is 240 g/mol. The highest BCUT2D eigenvalue weighted by molar-refractivity contribution is 9.10. The minimum Gasteiger partial charge on any atom is -0.327 e. The van der Waals surface area contributed by atoms with Crippen molar-refractivity contribution in [1.29, 1.82) is 0 Å². The Morgan fingerprint density at radius 3 is 3.08 bits per heavy atom. The van der Waals surface area contributed by atoms with E-state index in [1.807, 2.05) is 11.4 Å². The second-order valence-corrected chi connectivity index (χ2v) is 3.93. The van der Waals surface area contributed by atoms with Crippen molar-refractivity contribution in [1.82, 2.24) is 10.1 Å². The van der Waals surface area contributed by atoms with Gasteiger partial charge in [-0.3, -0.25) is 0 Å². The van der Waals surface area contributed by atoms with Gasteiger partial charge in [0.05, 0.1) is 0 Å². The fourth-order valence-corrected chi connectivity index (χ4v) is 1.85. The number of nitrogens with zero attached hydrogens (tertiary/aromatic N) is 2. The zero-order valence-electron chi connectivity index (χ0n) is 6.03. The summed E-state index contributed by atoms with van der Waals surface area (Å²) in [6, 6.07) is 4.06. The van der Waals surface area contributed by atoms with Crippen LogP contribution in [0.5, 0.6) is 0 Å². The van der Waals surface area contributed by atoms with Crippen LogP contribution in [0.3, 0.4) is 0 Å². The molecule has 0 aliphatic rings. The van der Waals surface area contributed by atoms with Gasteiger partial charge in [-0.1, -0.05) is 11.2 Å². The van der Waals surface area contributed by atoms with Crippen LogP contribution >= 0.6 is 27.3 Å². The third kappa shape index (κ3) is 1.73. The van der Waals surface area contributed by atoms with E-state index in [4.69, 9.17) is 4.52 Å². The van der Waals surface area contributed by atoms with Crippen molar-refractivity contribution in [3.8, 4) is 0 Å². The maximum absolute atomic E-state index is 4.77. The molecule has 2 heterocycles. The summed E-state index contributed by atoms with van der Waals surface area (Å²) < 4.78 is 4.77. The summed E-state index contributed by atoms with van der Waals surface area (Å²) in [4.78, 5) is 5.71. The van der Waals surface area contributed by atoms with Gasteiger partial charge in [-0.15, -0.1) is 11.3 Å². The van der Waals surface area contributed by atoms with Crippen LogP contribution in [0, 0.1) is 0 Å². The van der Waals surface area contributed by atoms with E-state index < -0.39 is 0 Å². The first kappa shape index (κ1) is 7.94. The summed E-state index contributed by atoms with van der Waals surface area (Å²) in [7, 11) is 0. The van der Waals surface area contributed by atoms with Gasteiger partial charge in [0.2, 0.25) is 0 Å². The molecule has 0 saturated heterocycles. The zero-order chi connectivity index (χ0) is 8.39. The Morgan fingerprint density at radius 2 is 2.50 bits per heavy atom. The zero-order valence-corrected chi connectivity index (χ0v) is 8.43. The van der Waals surface area contributed by atoms with Crippen molar-refractivity contribution in [2.45, 2.75) is 6.42 Å². The van der Waals surface area contributed by atoms with Gasteiger partial charge in [-0.05, 0) is 11.4 Å². The van der Waals surface area contributed by atoms with Crippen molar-refractivity contribution in [3.05, 3.63) is 33.0 Å². The van der Waals surface area contributed by atoms with E-state index in [0.717, 1.165) is 6.42 Å². The van der Waals surface area contributed by atoms with Crippen LogP contribution in [0.15, 0.2) is 26.8 Å². The maximum Gasteiger partial charge on any atom is 0.293 e. The number of rotatable bonds is 2. The first-order chi connectivity index (χ1) is 5.84. The van der Waals surface area contributed by atoms with E-state index >= 15 is 0 Å². The molecule has 2 rings (SSSR count). The van der Waals surface area contributed by atoms with Gasteiger partial charge in [-0.25, -0.2) is 0 Å². The Labute approximate surface area is 81.5 Å². The summed E-state index contributed by atoms with van der Waals surface area (Å²) in [5.74, 6) is 0.712. The van der Waals surface area contributed by atoms with E-state index in [2.05, 4.69) is 32.1 Å². The van der Waals surface area contributed by atoms with E-state index in [0.29, 0.717) is 10.6 Å². The molecule has 0 radical (unpaired) electrons. The summed E-state index contributed by atoms with van der Waals surface area (Å²) in [5, 5.41) is 5.80. The number of hydrogen-bond acceptors (Lipinski definition) is 4. The predicted molar refractivity (Wildman–Crippen MR) is 49.1 cm³/mol. The molecule has 3 nitrogen and oxygen atoms in total. The molecule has 0 N–H and O–H groups in total. The van der Waals surface area contributed by atoms with Crippen LogP contribution in [-0.4, -0.2) is 10.1 Å². The van der Waals surface area contributed by atoms with Crippen molar-refractivity contribution in [2.24, 2.45) is 0 Å². The number of thiophene rings is 1. The molecule has 62 valence electrons. The molecular formula is C7H5BrN2OS. The second kappa shape index (κ2) is 3.37. The highest BCUT2D eigenvalue weighted by atomic mass is 79.9. The molecule has 2 aromatic heterocycles. The summed E-state index contributed by atoms with van der Waals surface area (Å²) in [5.41, 5.74) is 0. The maximum atomic E-state index is 4.77. The fourth-order valence-electron chi connectivity index (χ4n) is 0.873. The molecule has 0 aliphatic carbocycles. The minimum atomic E-state index is 0.439. The Hall–Kier alpha value is -0.680. The van der Waals surface area contributed by atoms with Crippen molar-refractivity contribution < 1.29 is 4.52 Å². The van der Waals surface area contributed by atoms with Gasteiger partial charge in [0, 0.05) is 27.2 Å². The van der Waals surface area contributed by atoms with E-state index in [1.54, 1.807) is 11.3 Å². The third-order valence-corrected chi connectivity index (χ3v) is 2.55. The largest absolute Gasteiger partial charge is 0.327 e. The molecule has 0 amide bonds. The van der Waals surface area contributed by atoms with Crippen molar-refractivity contribution in [2.75, 3.05) is 0 Å². The van der Waals surface area contributed by atoms with E-state index in [9.17, 15) is 0 Å². The van der Waals surface area contributed by atoms with Crippen LogP contribution in [-0.2, 0) is 6.42 Å². The molecule has 12 heavy (non-hydrogen) atoms. The lowest BCUT2D eigenvalue weighted by atomic mass is 10.3. The van der Waals surface area contributed by atoms with Crippen LogP contribution in [0.1, 0.15) is 10.7 Å². The molecule has 5 heteroatoms. The smallest absolute Gasteiger partial charge is 0.293 e. The summed E-state index contributed by atoms with van der Waals surface area (Å²) >= 11 is 4.79. The average molecular weight is 245 g/mol. The number of hydrogen-bond donors (Lipinski definition) is 0. The van der Waals surface area contributed by atoms with E-state index in [1.165, 1.54) is 4.88 Å². The monoisotopic (exact) mass is 244 g/mol. The SMILES string of the molecule is Brc1nc(Cc2cccs2)no1. The highest BCUT2D eigenvalue weighted by Crippen LogP contribution is 2.14. The minimum absolute atomic E-state index is 0.439. The lowest BCUT2D eigenvalue weighted by Gasteiger charge is -1.86. The van der Waals surface area contributed by atoms with Crippen LogP contribution < -0.4 is 0 Å². The predicted octanol–water partition coefficient (Wildman–Crippen LogP) is 2.48. The van der Waals surface area contributed by atoms with Crippen molar-refractivity contribution >= 4 is 27.3 Å². The van der Waals surface area contributed by atoms with Crippen LogP contribution in [0.25, 0.3) is 0 Å². The Bertz CT molecular complexity index is 357. The molecule has 0 unspecified atom stereocenters. The standard InChI is InChI=1S/C7H5BrN2OS/c8-7-9-6(10-11-7)4-5-2-1-3-12-5/h1-3H,4H2. The van der Waals surface area contributed by atoms with E-state index in [-0.39, 0.29) is 0 Å².